The lowest BCUT2D eigenvalue weighted by molar-refractivity contribution is 0.246. The molecule has 1 aliphatic rings. The zero-order valence-corrected chi connectivity index (χ0v) is 11.8. The van der Waals surface area contributed by atoms with Gasteiger partial charge >= 0.3 is 0 Å². The van der Waals surface area contributed by atoms with Crippen LogP contribution in [0.4, 0.5) is 5.69 Å². The van der Waals surface area contributed by atoms with Crippen LogP contribution in [0.5, 0.6) is 0 Å². The number of aromatic nitrogens is 1. The van der Waals surface area contributed by atoms with Gasteiger partial charge in [-0.3, -0.25) is 4.79 Å². The monoisotopic (exact) mass is 285 g/mol. The van der Waals surface area contributed by atoms with Crippen molar-refractivity contribution in [1.82, 2.24) is 8.87 Å². The van der Waals surface area contributed by atoms with E-state index < -0.39 is 10.0 Å². The van der Waals surface area contributed by atoms with Gasteiger partial charge in [0.1, 0.15) is 0 Å². The number of hydrogen-bond donors (Lipinski definition) is 1. The van der Waals surface area contributed by atoms with Crippen LogP contribution < -0.4 is 11.2 Å². The minimum absolute atomic E-state index is 0.183. The van der Waals surface area contributed by atoms with Gasteiger partial charge in [0.15, 0.2) is 0 Å². The van der Waals surface area contributed by atoms with E-state index in [0.29, 0.717) is 19.6 Å². The normalized spacial score (nSPS) is 21.4. The van der Waals surface area contributed by atoms with Crippen LogP contribution in [0, 0.1) is 5.92 Å². The van der Waals surface area contributed by atoms with Crippen LogP contribution in [0.25, 0.3) is 0 Å². The second-order valence-corrected chi connectivity index (χ2v) is 7.07. The van der Waals surface area contributed by atoms with E-state index in [1.165, 1.54) is 16.6 Å². The van der Waals surface area contributed by atoms with Gasteiger partial charge in [0.25, 0.3) is 0 Å². The third kappa shape index (κ3) is 3.57. The molecular weight excluding hydrogens is 266 g/mol. The molecule has 1 fully saturated rings. The molecule has 0 saturated carbocycles. The summed E-state index contributed by atoms with van der Waals surface area (Å²) in [5.41, 5.74) is 5.62. The van der Waals surface area contributed by atoms with Crippen LogP contribution >= 0.6 is 0 Å². The summed E-state index contributed by atoms with van der Waals surface area (Å²) in [6.45, 7) is 1.81. The van der Waals surface area contributed by atoms with Crippen LogP contribution in [0.1, 0.15) is 12.8 Å². The molecule has 0 radical (unpaired) electrons. The van der Waals surface area contributed by atoms with Crippen molar-refractivity contribution in [3.8, 4) is 0 Å². The average molecular weight is 285 g/mol. The third-order valence-corrected chi connectivity index (χ3v) is 4.70. The minimum Gasteiger partial charge on any atom is -0.394 e. The van der Waals surface area contributed by atoms with Gasteiger partial charge in [0.05, 0.1) is 11.9 Å². The van der Waals surface area contributed by atoms with E-state index in [0.717, 1.165) is 12.8 Å². The van der Waals surface area contributed by atoms with Crippen molar-refractivity contribution in [2.75, 3.05) is 25.1 Å². The molecule has 1 unspecified atom stereocenters. The van der Waals surface area contributed by atoms with Crippen molar-refractivity contribution >= 4 is 15.7 Å². The summed E-state index contributed by atoms with van der Waals surface area (Å²) in [4.78, 5) is 11.2. The molecule has 0 spiro atoms. The predicted octanol–water partition coefficient (Wildman–Crippen LogP) is 0.102. The summed E-state index contributed by atoms with van der Waals surface area (Å²) in [5.74, 6) is 0.255. The van der Waals surface area contributed by atoms with E-state index >= 15 is 0 Å². The number of hydrogen-bond acceptors (Lipinski definition) is 4. The molecule has 1 aromatic heterocycles. The van der Waals surface area contributed by atoms with E-state index in [1.807, 2.05) is 4.57 Å². The number of rotatable bonds is 3. The number of nitrogens with two attached hydrogens (primary N) is 1. The first-order valence-corrected chi connectivity index (χ1v) is 8.12. The number of anilines is 1. The topological polar surface area (TPSA) is 85.4 Å². The highest BCUT2D eigenvalue weighted by atomic mass is 32.2. The standard InChI is InChI=1S/C12H19N3O3S/c1-19(17,18)15-5-2-3-10(8-15)7-14-6-4-12(16)11(13)9-14/h4,6,9-10H,2-3,5,7-8,13H2,1H3. The van der Waals surface area contributed by atoms with Gasteiger partial charge in [-0.05, 0) is 18.8 Å². The number of sulfonamides is 1. The van der Waals surface area contributed by atoms with Crippen molar-refractivity contribution < 1.29 is 8.42 Å². The summed E-state index contributed by atoms with van der Waals surface area (Å²) in [5, 5.41) is 0. The van der Waals surface area contributed by atoms with E-state index in [1.54, 1.807) is 12.4 Å². The van der Waals surface area contributed by atoms with Crippen molar-refractivity contribution in [1.29, 1.82) is 0 Å². The van der Waals surface area contributed by atoms with Crippen molar-refractivity contribution in [2.45, 2.75) is 19.4 Å². The maximum absolute atomic E-state index is 11.5. The fourth-order valence-electron chi connectivity index (χ4n) is 2.43. The van der Waals surface area contributed by atoms with Gasteiger partial charge in [-0.2, -0.15) is 0 Å². The molecule has 6 nitrogen and oxygen atoms in total. The summed E-state index contributed by atoms with van der Waals surface area (Å²) < 4.78 is 26.5. The Hall–Kier alpha value is -1.34. The lowest BCUT2D eigenvalue weighted by atomic mass is 9.99. The first-order chi connectivity index (χ1) is 8.86. The van der Waals surface area contributed by atoms with E-state index in [4.69, 9.17) is 5.73 Å². The highest BCUT2D eigenvalue weighted by molar-refractivity contribution is 7.88. The maximum atomic E-state index is 11.5. The molecule has 2 rings (SSSR count). The second-order valence-electron chi connectivity index (χ2n) is 5.09. The third-order valence-electron chi connectivity index (χ3n) is 3.43. The van der Waals surface area contributed by atoms with Gasteiger partial charge in [0.2, 0.25) is 15.5 Å². The largest absolute Gasteiger partial charge is 0.394 e. The van der Waals surface area contributed by atoms with E-state index in [9.17, 15) is 13.2 Å². The fourth-order valence-corrected chi connectivity index (χ4v) is 3.38. The van der Waals surface area contributed by atoms with Gasteiger partial charge in [-0.15, -0.1) is 0 Å². The Labute approximate surface area is 112 Å². The number of nitrogens with zero attached hydrogens (tertiary/aromatic N) is 2. The Kier molecular flexibility index (Phi) is 3.96. The Morgan fingerprint density at radius 3 is 2.84 bits per heavy atom. The van der Waals surface area contributed by atoms with Crippen LogP contribution in [0.15, 0.2) is 23.3 Å². The molecule has 1 aromatic rings. The van der Waals surface area contributed by atoms with Gasteiger partial charge < -0.3 is 10.3 Å². The number of pyridine rings is 1. The minimum atomic E-state index is -3.12. The molecule has 0 aliphatic carbocycles. The molecule has 7 heteroatoms. The Morgan fingerprint density at radius 2 is 2.21 bits per heavy atom. The molecular formula is C12H19N3O3S. The highest BCUT2D eigenvalue weighted by Crippen LogP contribution is 2.20. The zero-order valence-electron chi connectivity index (χ0n) is 10.9. The van der Waals surface area contributed by atoms with Crippen molar-refractivity contribution in [2.24, 2.45) is 5.92 Å². The second kappa shape index (κ2) is 5.34. The smallest absolute Gasteiger partial charge is 0.211 e. The van der Waals surface area contributed by atoms with Gasteiger partial charge in [0, 0.05) is 38.1 Å². The average Bonchev–Trinajstić information content (AvgIpc) is 2.33. The molecule has 19 heavy (non-hydrogen) atoms. The predicted molar refractivity (Wildman–Crippen MR) is 74.3 cm³/mol. The van der Waals surface area contributed by atoms with Crippen molar-refractivity contribution in [3.63, 3.8) is 0 Å². The molecule has 0 aromatic carbocycles. The molecule has 2 heterocycles. The molecule has 1 saturated heterocycles. The molecule has 106 valence electrons. The summed E-state index contributed by atoms with van der Waals surface area (Å²) in [6, 6.07) is 1.44. The molecule has 1 aliphatic heterocycles. The maximum Gasteiger partial charge on any atom is 0.211 e. The Bertz CT molecular complexity index is 609. The quantitative estimate of drug-likeness (QED) is 0.853. The van der Waals surface area contributed by atoms with Gasteiger partial charge in [-0.25, -0.2) is 12.7 Å². The van der Waals surface area contributed by atoms with Crippen LogP contribution in [0.3, 0.4) is 0 Å². The summed E-state index contributed by atoms with van der Waals surface area (Å²) >= 11 is 0. The lowest BCUT2D eigenvalue weighted by Gasteiger charge is -2.31. The van der Waals surface area contributed by atoms with Crippen LogP contribution in [-0.4, -0.2) is 36.6 Å². The first-order valence-electron chi connectivity index (χ1n) is 6.27. The van der Waals surface area contributed by atoms with Crippen molar-refractivity contribution in [3.05, 3.63) is 28.7 Å². The molecule has 1 atom stereocenters. The number of nitrogen functional groups attached to an aromatic ring is 1. The molecule has 0 amide bonds. The zero-order chi connectivity index (χ0) is 14.0. The lowest BCUT2D eigenvalue weighted by Crippen LogP contribution is -2.40. The molecule has 0 bridgehead atoms. The number of piperidine rings is 1. The van der Waals surface area contributed by atoms with Gasteiger partial charge in [-0.1, -0.05) is 0 Å². The van der Waals surface area contributed by atoms with E-state index in [-0.39, 0.29) is 17.0 Å². The Balaban J connectivity index is 2.06. The first kappa shape index (κ1) is 14.1. The fraction of sp³-hybridized carbons (Fsp3) is 0.583. The Morgan fingerprint density at radius 1 is 1.47 bits per heavy atom. The SMILES string of the molecule is CS(=O)(=O)N1CCCC(Cn2ccc(=O)c(N)c2)C1. The highest BCUT2D eigenvalue weighted by Gasteiger charge is 2.25. The molecule has 2 N–H and O–H groups in total. The van der Waals surface area contributed by atoms with E-state index in [2.05, 4.69) is 0 Å². The van der Waals surface area contributed by atoms with Crippen LogP contribution in [-0.2, 0) is 16.6 Å². The summed E-state index contributed by atoms with van der Waals surface area (Å²) in [6.07, 6.45) is 6.40. The summed E-state index contributed by atoms with van der Waals surface area (Å²) in [7, 11) is -3.12. The van der Waals surface area contributed by atoms with Crippen LogP contribution in [0.2, 0.25) is 0 Å².